The molecule has 0 amide bonds. The quantitative estimate of drug-likeness (QED) is 0.790. The Hall–Kier alpha value is -2.17. The molecule has 1 aromatic carbocycles. The van der Waals surface area contributed by atoms with Gasteiger partial charge in [-0.3, -0.25) is 9.78 Å². The minimum absolute atomic E-state index is 0.322. The predicted octanol–water partition coefficient (Wildman–Crippen LogP) is 4.14. The summed E-state index contributed by atoms with van der Waals surface area (Å²) >= 11 is 0. The van der Waals surface area contributed by atoms with Crippen molar-refractivity contribution < 1.29 is 18.0 Å². The maximum Gasteiger partial charge on any atom is 0.416 e. The number of carbonyl (C=O) groups is 1. The number of hydrogen-bond donors (Lipinski definition) is 0. The van der Waals surface area contributed by atoms with Crippen LogP contribution in [0.4, 0.5) is 13.2 Å². The van der Waals surface area contributed by atoms with Crippen molar-refractivity contribution in [1.29, 1.82) is 0 Å². The molecule has 1 heterocycles. The zero-order valence-electron chi connectivity index (χ0n) is 10.7. The van der Waals surface area contributed by atoms with Crippen LogP contribution in [0.15, 0.2) is 36.5 Å². The molecule has 0 aliphatic heterocycles. The molecule has 0 unspecified atom stereocenters. The number of hydrogen-bond acceptors (Lipinski definition) is 2. The summed E-state index contributed by atoms with van der Waals surface area (Å²) in [5.74, 6) is 0. The van der Waals surface area contributed by atoms with Gasteiger partial charge < -0.3 is 0 Å². The molecule has 0 bridgehead atoms. The summed E-state index contributed by atoms with van der Waals surface area (Å²) < 4.78 is 38.1. The van der Waals surface area contributed by atoms with Crippen molar-refractivity contribution in [3.05, 3.63) is 53.3 Å². The van der Waals surface area contributed by atoms with Gasteiger partial charge in [-0.25, -0.2) is 0 Å². The fourth-order valence-electron chi connectivity index (χ4n) is 1.94. The molecular weight excluding hydrogens is 267 g/mol. The Morgan fingerprint density at radius 1 is 1.20 bits per heavy atom. The van der Waals surface area contributed by atoms with E-state index in [4.69, 9.17) is 0 Å². The van der Waals surface area contributed by atoms with Gasteiger partial charge in [0.1, 0.15) is 5.69 Å². The van der Waals surface area contributed by atoms with Crippen LogP contribution in [0.2, 0.25) is 0 Å². The summed E-state index contributed by atoms with van der Waals surface area (Å²) in [7, 11) is 0. The molecule has 0 saturated carbocycles. The second-order valence-corrected chi connectivity index (χ2v) is 4.32. The van der Waals surface area contributed by atoms with Crippen LogP contribution < -0.4 is 0 Å². The lowest BCUT2D eigenvalue weighted by Crippen LogP contribution is -2.04. The number of aromatic nitrogens is 1. The zero-order chi connectivity index (χ0) is 14.8. The molecule has 104 valence electrons. The number of aryl methyl sites for hydroxylation is 1. The summed E-state index contributed by atoms with van der Waals surface area (Å²) in [4.78, 5) is 14.8. The largest absolute Gasteiger partial charge is 0.416 e. The van der Waals surface area contributed by atoms with Crippen LogP contribution in [0.25, 0.3) is 11.1 Å². The first-order valence-corrected chi connectivity index (χ1v) is 6.07. The van der Waals surface area contributed by atoms with E-state index in [-0.39, 0.29) is 0 Å². The highest BCUT2D eigenvalue weighted by atomic mass is 19.4. The Morgan fingerprint density at radius 3 is 2.55 bits per heavy atom. The lowest BCUT2D eigenvalue weighted by Gasteiger charge is -2.10. The van der Waals surface area contributed by atoms with E-state index in [2.05, 4.69) is 4.98 Å². The molecule has 0 aliphatic carbocycles. The second-order valence-electron chi connectivity index (χ2n) is 4.32. The smallest absolute Gasteiger partial charge is 0.296 e. The number of pyridine rings is 1. The molecule has 0 fully saturated rings. The van der Waals surface area contributed by atoms with Gasteiger partial charge in [0.15, 0.2) is 6.29 Å². The molecule has 2 aromatic rings. The summed E-state index contributed by atoms with van der Waals surface area (Å²) in [5, 5.41) is 0. The Kier molecular flexibility index (Phi) is 3.88. The Morgan fingerprint density at radius 2 is 1.95 bits per heavy atom. The summed E-state index contributed by atoms with van der Waals surface area (Å²) in [5.41, 5.74) is 1.34. The Bertz CT molecular complexity index is 635. The van der Waals surface area contributed by atoms with Gasteiger partial charge in [0.25, 0.3) is 0 Å². The fourth-order valence-corrected chi connectivity index (χ4v) is 1.94. The van der Waals surface area contributed by atoms with Gasteiger partial charge in [0, 0.05) is 11.8 Å². The Labute approximate surface area is 114 Å². The van der Waals surface area contributed by atoms with Crippen molar-refractivity contribution in [2.24, 2.45) is 0 Å². The zero-order valence-corrected chi connectivity index (χ0v) is 10.7. The fraction of sp³-hybridized carbons (Fsp3) is 0.200. The maximum absolute atomic E-state index is 12.7. The van der Waals surface area contributed by atoms with E-state index in [0.29, 0.717) is 29.5 Å². The average Bonchev–Trinajstić information content (AvgIpc) is 2.45. The van der Waals surface area contributed by atoms with Crippen molar-refractivity contribution in [3.63, 3.8) is 0 Å². The maximum atomic E-state index is 12.7. The topological polar surface area (TPSA) is 30.0 Å². The van der Waals surface area contributed by atoms with Gasteiger partial charge in [-0.15, -0.1) is 0 Å². The summed E-state index contributed by atoms with van der Waals surface area (Å²) in [6, 6.07) is 6.75. The van der Waals surface area contributed by atoms with E-state index in [1.807, 2.05) is 6.92 Å². The second kappa shape index (κ2) is 5.45. The van der Waals surface area contributed by atoms with Crippen molar-refractivity contribution in [3.8, 4) is 11.1 Å². The van der Waals surface area contributed by atoms with Crippen molar-refractivity contribution >= 4 is 6.29 Å². The van der Waals surface area contributed by atoms with E-state index in [1.165, 1.54) is 12.3 Å². The van der Waals surface area contributed by atoms with Gasteiger partial charge in [-0.2, -0.15) is 13.2 Å². The summed E-state index contributed by atoms with van der Waals surface area (Å²) in [6.45, 7) is 1.86. The molecule has 0 radical (unpaired) electrons. The van der Waals surface area contributed by atoms with Crippen molar-refractivity contribution in [1.82, 2.24) is 4.98 Å². The van der Waals surface area contributed by atoms with Crippen LogP contribution in [-0.4, -0.2) is 11.3 Å². The third-order valence-corrected chi connectivity index (χ3v) is 3.02. The van der Waals surface area contributed by atoms with Crippen molar-refractivity contribution in [2.45, 2.75) is 19.5 Å². The monoisotopic (exact) mass is 279 g/mol. The number of halogens is 3. The molecule has 0 saturated heterocycles. The highest BCUT2D eigenvalue weighted by Gasteiger charge is 2.30. The number of benzene rings is 1. The van der Waals surface area contributed by atoms with Crippen LogP contribution in [-0.2, 0) is 12.6 Å². The lowest BCUT2D eigenvalue weighted by atomic mass is 10.0. The molecule has 0 aliphatic rings. The summed E-state index contributed by atoms with van der Waals surface area (Å²) in [6.07, 6.45) is -1.72. The van der Waals surface area contributed by atoms with Crippen LogP contribution in [0.5, 0.6) is 0 Å². The predicted molar refractivity (Wildman–Crippen MR) is 69.4 cm³/mol. The molecule has 0 spiro atoms. The van der Waals surface area contributed by atoms with Gasteiger partial charge >= 0.3 is 6.18 Å². The van der Waals surface area contributed by atoms with Gasteiger partial charge in [-0.05, 0) is 35.7 Å². The first kappa shape index (κ1) is 14.2. The molecule has 20 heavy (non-hydrogen) atoms. The molecule has 2 rings (SSSR count). The normalized spacial score (nSPS) is 11.4. The van der Waals surface area contributed by atoms with Crippen LogP contribution in [0.1, 0.15) is 28.5 Å². The number of aldehydes is 1. The van der Waals surface area contributed by atoms with E-state index < -0.39 is 11.7 Å². The molecule has 1 aromatic heterocycles. The van der Waals surface area contributed by atoms with E-state index in [0.717, 1.165) is 17.7 Å². The SMILES string of the molecule is CCc1cc(-c2cccc(C(F)(F)F)c2)cnc1C=O. The van der Waals surface area contributed by atoms with E-state index in [9.17, 15) is 18.0 Å². The number of alkyl halides is 3. The van der Waals surface area contributed by atoms with Gasteiger partial charge in [0.05, 0.1) is 5.56 Å². The third-order valence-electron chi connectivity index (χ3n) is 3.02. The number of carbonyl (C=O) groups excluding carboxylic acids is 1. The average molecular weight is 279 g/mol. The van der Waals surface area contributed by atoms with Crippen LogP contribution in [0, 0.1) is 0 Å². The molecule has 5 heteroatoms. The van der Waals surface area contributed by atoms with E-state index in [1.54, 1.807) is 12.1 Å². The lowest BCUT2D eigenvalue weighted by molar-refractivity contribution is -0.137. The van der Waals surface area contributed by atoms with Crippen LogP contribution >= 0.6 is 0 Å². The van der Waals surface area contributed by atoms with Crippen LogP contribution in [0.3, 0.4) is 0 Å². The van der Waals surface area contributed by atoms with Crippen molar-refractivity contribution in [2.75, 3.05) is 0 Å². The first-order chi connectivity index (χ1) is 9.45. The number of rotatable bonds is 3. The van der Waals surface area contributed by atoms with Gasteiger partial charge in [-0.1, -0.05) is 19.1 Å². The standard InChI is InChI=1S/C15H12F3NO/c1-2-10-6-12(8-19-14(10)9-20)11-4-3-5-13(7-11)15(16,17)18/h3-9H,2H2,1H3. The highest BCUT2D eigenvalue weighted by Crippen LogP contribution is 2.32. The highest BCUT2D eigenvalue weighted by molar-refractivity contribution is 5.76. The third kappa shape index (κ3) is 2.87. The molecule has 0 N–H and O–H groups in total. The minimum Gasteiger partial charge on any atom is -0.296 e. The Balaban J connectivity index is 2.49. The molecular formula is C15H12F3NO. The first-order valence-electron chi connectivity index (χ1n) is 6.07. The molecule has 0 atom stereocenters. The number of nitrogens with zero attached hydrogens (tertiary/aromatic N) is 1. The minimum atomic E-state index is -4.38. The van der Waals surface area contributed by atoms with Gasteiger partial charge in [0.2, 0.25) is 0 Å². The molecule has 2 nitrogen and oxygen atoms in total. The van der Waals surface area contributed by atoms with E-state index >= 15 is 0 Å².